The summed E-state index contributed by atoms with van der Waals surface area (Å²) in [5.74, 6) is 0.740. The van der Waals surface area contributed by atoms with Crippen molar-refractivity contribution in [1.82, 2.24) is 4.98 Å². The Hall–Kier alpha value is -3.16. The number of ether oxygens (including phenoxy) is 2. The third kappa shape index (κ3) is 4.92. The van der Waals surface area contributed by atoms with Gasteiger partial charge in [0.2, 0.25) is 5.88 Å². The van der Waals surface area contributed by atoms with Crippen LogP contribution in [0, 0.1) is 10.1 Å². The van der Waals surface area contributed by atoms with Crippen molar-refractivity contribution in [2.24, 2.45) is 0 Å². The van der Waals surface area contributed by atoms with Gasteiger partial charge in [0.25, 0.3) is 5.69 Å². The minimum atomic E-state index is -0.707. The summed E-state index contributed by atoms with van der Waals surface area (Å²) in [4.78, 5) is 26.1. The van der Waals surface area contributed by atoms with Crippen molar-refractivity contribution in [2.75, 3.05) is 5.32 Å². The van der Waals surface area contributed by atoms with E-state index in [2.05, 4.69) is 10.3 Å². The molecule has 1 saturated carbocycles. The Kier molecular flexibility index (Phi) is 5.62. The lowest BCUT2D eigenvalue weighted by Crippen LogP contribution is -2.20. The van der Waals surface area contributed by atoms with E-state index in [1.165, 1.54) is 49.7 Å². The molecule has 1 N–H and O–H groups in total. The van der Waals surface area contributed by atoms with Gasteiger partial charge in [-0.3, -0.25) is 15.4 Å². The van der Waals surface area contributed by atoms with Crippen LogP contribution in [0.15, 0.2) is 42.6 Å². The quantitative estimate of drug-likeness (QED) is 0.631. The van der Waals surface area contributed by atoms with E-state index in [4.69, 9.17) is 9.47 Å². The molecule has 0 aliphatic heterocycles. The minimum absolute atomic E-state index is 0.0736. The second kappa shape index (κ2) is 8.28. The van der Waals surface area contributed by atoms with Crippen LogP contribution in [-0.4, -0.2) is 22.1 Å². The van der Waals surface area contributed by atoms with Gasteiger partial charge in [-0.1, -0.05) is 6.42 Å². The van der Waals surface area contributed by atoms with Crippen molar-refractivity contribution in [2.45, 2.75) is 38.2 Å². The van der Waals surface area contributed by atoms with Crippen molar-refractivity contribution in [3.8, 4) is 11.6 Å². The highest BCUT2D eigenvalue weighted by Gasteiger charge is 2.15. The Morgan fingerprint density at radius 3 is 2.46 bits per heavy atom. The number of amides is 1. The van der Waals surface area contributed by atoms with Gasteiger partial charge in [-0.2, -0.15) is 0 Å². The molecule has 1 aliphatic rings. The van der Waals surface area contributed by atoms with Crippen LogP contribution in [0.5, 0.6) is 11.6 Å². The molecule has 8 heteroatoms. The van der Waals surface area contributed by atoms with Crippen molar-refractivity contribution >= 4 is 17.5 Å². The summed E-state index contributed by atoms with van der Waals surface area (Å²) in [6, 6.07) is 8.63. The highest BCUT2D eigenvalue weighted by atomic mass is 16.6. The number of nitrogens with one attached hydrogen (secondary N) is 1. The largest absolute Gasteiger partial charge is 0.474 e. The summed E-state index contributed by atoms with van der Waals surface area (Å²) >= 11 is 0. The fourth-order valence-corrected chi connectivity index (χ4v) is 2.76. The second-order valence-electron chi connectivity index (χ2n) is 6.03. The zero-order valence-electron chi connectivity index (χ0n) is 14.1. The maximum Gasteiger partial charge on any atom is 0.417 e. The number of carbonyl (C=O) groups is 1. The molecule has 0 unspecified atom stereocenters. The van der Waals surface area contributed by atoms with Crippen LogP contribution in [0.4, 0.5) is 16.2 Å². The summed E-state index contributed by atoms with van der Waals surface area (Å²) in [7, 11) is 0. The standard InChI is InChI=1S/C18H19N3O5/c22-18(26-16-9-7-14(8-10-16)21(23)24)20-13-6-11-17(19-12-13)25-15-4-2-1-3-5-15/h6-12,15H,1-5H2,(H,20,22). The molecule has 0 radical (unpaired) electrons. The SMILES string of the molecule is O=C(Nc1ccc(OC2CCCCC2)nc1)Oc1ccc([N+](=O)[O-])cc1. The van der Waals surface area contributed by atoms with E-state index in [1.807, 2.05) is 0 Å². The van der Waals surface area contributed by atoms with Crippen molar-refractivity contribution < 1.29 is 19.2 Å². The number of nitro groups is 1. The molecule has 136 valence electrons. The number of rotatable bonds is 5. The van der Waals surface area contributed by atoms with Crippen LogP contribution in [0.3, 0.4) is 0 Å². The van der Waals surface area contributed by atoms with Crippen LogP contribution in [0.2, 0.25) is 0 Å². The fraction of sp³-hybridized carbons (Fsp3) is 0.333. The molecule has 26 heavy (non-hydrogen) atoms. The van der Waals surface area contributed by atoms with Crippen LogP contribution < -0.4 is 14.8 Å². The molecular formula is C18H19N3O5. The Balaban J connectivity index is 1.51. The van der Waals surface area contributed by atoms with Crippen LogP contribution in [0.1, 0.15) is 32.1 Å². The first-order valence-corrected chi connectivity index (χ1v) is 8.46. The van der Waals surface area contributed by atoms with E-state index in [0.717, 1.165) is 12.8 Å². The number of carbonyl (C=O) groups excluding carboxylic acids is 1. The second-order valence-corrected chi connectivity index (χ2v) is 6.03. The Morgan fingerprint density at radius 2 is 1.85 bits per heavy atom. The van der Waals surface area contributed by atoms with E-state index >= 15 is 0 Å². The lowest BCUT2D eigenvalue weighted by Gasteiger charge is -2.22. The number of hydrogen-bond donors (Lipinski definition) is 1. The van der Waals surface area contributed by atoms with Crippen molar-refractivity contribution in [3.05, 3.63) is 52.7 Å². The number of nitro benzene ring substituents is 1. The zero-order valence-corrected chi connectivity index (χ0v) is 14.1. The molecule has 0 bridgehead atoms. The number of non-ortho nitro benzene ring substituents is 1. The predicted molar refractivity (Wildman–Crippen MR) is 94.5 cm³/mol. The van der Waals surface area contributed by atoms with Crippen LogP contribution >= 0.6 is 0 Å². The van der Waals surface area contributed by atoms with E-state index in [1.54, 1.807) is 12.1 Å². The van der Waals surface area contributed by atoms with E-state index in [0.29, 0.717) is 11.6 Å². The van der Waals surface area contributed by atoms with Gasteiger partial charge < -0.3 is 9.47 Å². The number of aromatic nitrogens is 1. The summed E-state index contributed by atoms with van der Waals surface area (Å²) in [5.41, 5.74) is 0.392. The van der Waals surface area contributed by atoms with Gasteiger partial charge in [0.05, 0.1) is 16.8 Å². The Morgan fingerprint density at radius 1 is 1.12 bits per heavy atom. The monoisotopic (exact) mass is 357 g/mol. The van der Waals surface area contributed by atoms with Gasteiger partial charge in [0.1, 0.15) is 11.9 Å². The lowest BCUT2D eigenvalue weighted by molar-refractivity contribution is -0.384. The molecule has 1 fully saturated rings. The average Bonchev–Trinajstić information content (AvgIpc) is 2.64. The minimum Gasteiger partial charge on any atom is -0.474 e. The predicted octanol–water partition coefficient (Wildman–Crippen LogP) is 4.31. The number of hydrogen-bond acceptors (Lipinski definition) is 6. The summed E-state index contributed by atoms with van der Waals surface area (Å²) in [6.45, 7) is 0. The maximum absolute atomic E-state index is 11.9. The highest BCUT2D eigenvalue weighted by Crippen LogP contribution is 2.23. The molecular weight excluding hydrogens is 338 g/mol. The normalized spacial score (nSPS) is 14.5. The first kappa shape index (κ1) is 17.7. The molecule has 0 saturated heterocycles. The van der Waals surface area contributed by atoms with E-state index in [9.17, 15) is 14.9 Å². The molecule has 1 aliphatic carbocycles. The van der Waals surface area contributed by atoms with Crippen LogP contribution in [0.25, 0.3) is 0 Å². The van der Waals surface area contributed by atoms with Crippen molar-refractivity contribution in [3.63, 3.8) is 0 Å². The summed E-state index contributed by atoms with van der Waals surface area (Å²) in [5, 5.41) is 13.1. The number of anilines is 1. The van der Waals surface area contributed by atoms with E-state index in [-0.39, 0.29) is 17.5 Å². The first-order valence-electron chi connectivity index (χ1n) is 8.46. The molecule has 8 nitrogen and oxygen atoms in total. The molecule has 1 amide bonds. The number of nitrogens with zero attached hydrogens (tertiary/aromatic N) is 2. The number of benzene rings is 1. The zero-order chi connectivity index (χ0) is 18.4. The Labute approximate surface area is 150 Å². The first-order chi connectivity index (χ1) is 12.6. The summed E-state index contributed by atoms with van der Waals surface area (Å²) < 4.78 is 10.9. The topological polar surface area (TPSA) is 104 Å². The van der Waals surface area contributed by atoms with Gasteiger partial charge in [-0.25, -0.2) is 9.78 Å². The fourth-order valence-electron chi connectivity index (χ4n) is 2.76. The van der Waals surface area contributed by atoms with Crippen LogP contribution in [-0.2, 0) is 0 Å². The molecule has 2 aromatic rings. The van der Waals surface area contributed by atoms with Gasteiger partial charge in [-0.15, -0.1) is 0 Å². The van der Waals surface area contributed by atoms with Gasteiger partial charge >= 0.3 is 6.09 Å². The average molecular weight is 357 g/mol. The Bertz CT molecular complexity index is 755. The molecule has 0 atom stereocenters. The van der Waals surface area contributed by atoms with E-state index < -0.39 is 11.0 Å². The van der Waals surface area contributed by atoms with Gasteiger partial charge in [-0.05, 0) is 43.9 Å². The van der Waals surface area contributed by atoms with Crippen molar-refractivity contribution in [1.29, 1.82) is 0 Å². The van der Waals surface area contributed by atoms with Gasteiger partial charge in [0.15, 0.2) is 0 Å². The smallest absolute Gasteiger partial charge is 0.417 e. The molecule has 1 heterocycles. The molecule has 1 aromatic heterocycles. The maximum atomic E-state index is 11.9. The highest BCUT2D eigenvalue weighted by molar-refractivity contribution is 5.86. The molecule has 1 aromatic carbocycles. The molecule has 0 spiro atoms. The number of pyridine rings is 1. The lowest BCUT2D eigenvalue weighted by atomic mass is 9.98. The third-order valence-corrected chi connectivity index (χ3v) is 4.08. The molecule has 3 rings (SSSR count). The summed E-state index contributed by atoms with van der Waals surface area (Å²) in [6.07, 6.45) is 6.70. The third-order valence-electron chi connectivity index (χ3n) is 4.08. The van der Waals surface area contributed by atoms with Gasteiger partial charge in [0, 0.05) is 18.2 Å².